The van der Waals surface area contributed by atoms with Gasteiger partial charge >= 0.3 is 6.09 Å². The van der Waals surface area contributed by atoms with Crippen LogP contribution >= 0.6 is 0 Å². The van der Waals surface area contributed by atoms with Crippen molar-refractivity contribution in [3.05, 3.63) is 5.69 Å². The summed E-state index contributed by atoms with van der Waals surface area (Å²) in [5, 5.41) is 9.58. The molecule has 3 N–H and O–H groups in total. The molecular weight excluding hydrogens is 266 g/mol. The van der Waals surface area contributed by atoms with Crippen LogP contribution in [0.1, 0.15) is 30.3 Å². The summed E-state index contributed by atoms with van der Waals surface area (Å²) < 4.78 is 9.30. The molecular formula is C11H17N5O4. The molecule has 9 nitrogen and oxygen atoms in total. The maximum atomic E-state index is 11.9. The Morgan fingerprint density at radius 1 is 1.45 bits per heavy atom. The molecule has 2 heterocycles. The fraction of sp³-hybridized carbons (Fsp3) is 0.636. The molecule has 0 unspecified atom stereocenters. The first-order valence-corrected chi connectivity index (χ1v) is 6.42. The largest absolute Gasteiger partial charge is 0.450 e. The van der Waals surface area contributed by atoms with Crippen LogP contribution in [-0.2, 0) is 4.74 Å². The topological polar surface area (TPSA) is 124 Å². The van der Waals surface area contributed by atoms with Crippen molar-refractivity contribution < 1.29 is 19.0 Å². The fourth-order valence-electron chi connectivity index (χ4n) is 2.03. The van der Waals surface area contributed by atoms with Gasteiger partial charge in [0.2, 0.25) is 11.5 Å². The van der Waals surface area contributed by atoms with Crippen molar-refractivity contribution in [3.8, 4) is 0 Å². The first-order valence-electron chi connectivity index (χ1n) is 6.42. The highest BCUT2D eigenvalue weighted by molar-refractivity contribution is 5.96. The summed E-state index contributed by atoms with van der Waals surface area (Å²) in [7, 11) is 0. The molecule has 0 radical (unpaired) electrons. The molecule has 9 heteroatoms. The van der Waals surface area contributed by atoms with Gasteiger partial charge in [-0.15, -0.1) is 0 Å². The molecule has 0 aromatic carbocycles. The average Bonchev–Trinajstić information content (AvgIpc) is 2.86. The molecule has 1 aliphatic rings. The van der Waals surface area contributed by atoms with Gasteiger partial charge in [0.1, 0.15) is 0 Å². The number of piperidine rings is 1. The van der Waals surface area contributed by atoms with E-state index in [-0.39, 0.29) is 23.6 Å². The van der Waals surface area contributed by atoms with E-state index in [9.17, 15) is 9.59 Å². The normalized spacial score (nSPS) is 15.9. The number of hydrogen-bond donors (Lipinski definition) is 2. The standard InChI is InChI=1S/C11H17N5O4/c1-2-19-11(18)16-5-3-7(4-6-16)13-10(17)8-9(12)15-20-14-8/h7H,2-6H2,1H3,(H2,12,15)(H,13,17). The predicted octanol–water partition coefficient (Wildman–Crippen LogP) is 0.00250. The van der Waals surface area contributed by atoms with E-state index in [2.05, 4.69) is 20.3 Å². The molecule has 2 rings (SSSR count). The number of nitrogens with zero attached hydrogens (tertiary/aromatic N) is 3. The van der Waals surface area contributed by atoms with Crippen molar-refractivity contribution in [2.45, 2.75) is 25.8 Å². The minimum Gasteiger partial charge on any atom is -0.450 e. The Balaban J connectivity index is 1.81. The number of carbonyl (C=O) groups is 2. The summed E-state index contributed by atoms with van der Waals surface area (Å²) in [4.78, 5) is 25.0. The van der Waals surface area contributed by atoms with Gasteiger partial charge in [0.15, 0.2) is 0 Å². The van der Waals surface area contributed by atoms with Crippen molar-refractivity contribution in [2.75, 3.05) is 25.4 Å². The van der Waals surface area contributed by atoms with Crippen molar-refractivity contribution >= 4 is 17.8 Å². The Hall–Kier alpha value is -2.32. The first-order chi connectivity index (χ1) is 9.61. The van der Waals surface area contributed by atoms with Crippen LogP contribution in [0, 0.1) is 0 Å². The molecule has 1 fully saturated rings. The van der Waals surface area contributed by atoms with Crippen LogP contribution in [0.2, 0.25) is 0 Å². The van der Waals surface area contributed by atoms with Crippen LogP contribution in [0.15, 0.2) is 4.63 Å². The van der Waals surface area contributed by atoms with E-state index < -0.39 is 5.91 Å². The number of aromatic nitrogens is 2. The van der Waals surface area contributed by atoms with Crippen molar-refractivity contribution in [1.82, 2.24) is 20.5 Å². The maximum absolute atomic E-state index is 11.9. The van der Waals surface area contributed by atoms with E-state index in [1.54, 1.807) is 11.8 Å². The minimum absolute atomic E-state index is 0.0159. The Kier molecular flexibility index (Phi) is 4.38. The van der Waals surface area contributed by atoms with E-state index in [0.717, 1.165) is 0 Å². The van der Waals surface area contributed by atoms with E-state index in [0.29, 0.717) is 32.5 Å². The zero-order chi connectivity index (χ0) is 14.5. The molecule has 0 aliphatic carbocycles. The number of hydrogen-bond acceptors (Lipinski definition) is 7. The van der Waals surface area contributed by atoms with Gasteiger partial charge in [-0.25, -0.2) is 9.42 Å². The number of anilines is 1. The number of rotatable bonds is 3. The summed E-state index contributed by atoms with van der Waals surface area (Å²) >= 11 is 0. The summed E-state index contributed by atoms with van der Waals surface area (Å²) in [5.74, 6) is -0.454. The lowest BCUT2D eigenvalue weighted by molar-refractivity contribution is 0.0854. The smallest absolute Gasteiger partial charge is 0.409 e. The van der Waals surface area contributed by atoms with Crippen LogP contribution in [-0.4, -0.2) is 53.0 Å². The molecule has 1 aromatic heterocycles. The third-order valence-corrected chi connectivity index (χ3v) is 3.09. The number of likely N-dealkylation sites (tertiary alicyclic amines) is 1. The van der Waals surface area contributed by atoms with Crippen molar-refractivity contribution in [3.63, 3.8) is 0 Å². The molecule has 20 heavy (non-hydrogen) atoms. The molecule has 0 saturated carbocycles. The Bertz CT molecular complexity index is 481. The average molecular weight is 283 g/mol. The zero-order valence-corrected chi connectivity index (χ0v) is 11.2. The first kappa shape index (κ1) is 14.1. The third kappa shape index (κ3) is 3.16. The Morgan fingerprint density at radius 3 is 2.70 bits per heavy atom. The fourth-order valence-corrected chi connectivity index (χ4v) is 2.03. The van der Waals surface area contributed by atoms with Crippen molar-refractivity contribution in [1.29, 1.82) is 0 Å². The predicted molar refractivity (Wildman–Crippen MR) is 67.8 cm³/mol. The third-order valence-electron chi connectivity index (χ3n) is 3.09. The molecule has 2 amide bonds. The number of nitrogen functional groups attached to an aromatic ring is 1. The van der Waals surface area contributed by atoms with Gasteiger partial charge in [-0.05, 0) is 30.1 Å². The van der Waals surface area contributed by atoms with E-state index >= 15 is 0 Å². The molecule has 1 aromatic rings. The number of nitrogens with one attached hydrogen (secondary N) is 1. The van der Waals surface area contributed by atoms with E-state index in [1.165, 1.54) is 0 Å². The highest BCUT2D eigenvalue weighted by Crippen LogP contribution is 2.13. The summed E-state index contributed by atoms with van der Waals surface area (Å²) in [6, 6.07) is -0.0377. The van der Waals surface area contributed by atoms with Gasteiger partial charge in [-0.2, -0.15) is 0 Å². The highest BCUT2D eigenvalue weighted by atomic mass is 16.6. The lowest BCUT2D eigenvalue weighted by atomic mass is 10.1. The number of carbonyl (C=O) groups excluding carboxylic acids is 2. The summed E-state index contributed by atoms with van der Waals surface area (Å²) in [6.45, 7) is 3.20. The maximum Gasteiger partial charge on any atom is 0.409 e. The molecule has 110 valence electrons. The van der Waals surface area contributed by atoms with Crippen LogP contribution < -0.4 is 11.1 Å². The van der Waals surface area contributed by atoms with Crippen LogP contribution in [0.3, 0.4) is 0 Å². The second kappa shape index (κ2) is 6.22. The van der Waals surface area contributed by atoms with Gasteiger partial charge in [0.25, 0.3) is 5.91 Å². The van der Waals surface area contributed by atoms with Gasteiger partial charge in [0, 0.05) is 19.1 Å². The monoisotopic (exact) mass is 283 g/mol. The molecule has 0 bridgehead atoms. The SMILES string of the molecule is CCOC(=O)N1CCC(NC(=O)c2nonc2N)CC1. The number of nitrogens with two attached hydrogens (primary N) is 1. The summed E-state index contributed by atoms with van der Waals surface area (Å²) in [5.41, 5.74) is 5.43. The van der Waals surface area contributed by atoms with Gasteiger partial charge < -0.3 is 20.7 Å². The van der Waals surface area contributed by atoms with Crippen molar-refractivity contribution in [2.24, 2.45) is 0 Å². The second-order valence-corrected chi connectivity index (χ2v) is 4.43. The van der Waals surface area contributed by atoms with E-state index in [4.69, 9.17) is 10.5 Å². The van der Waals surface area contributed by atoms with Gasteiger partial charge in [0.05, 0.1) is 6.61 Å². The minimum atomic E-state index is -0.418. The quantitative estimate of drug-likeness (QED) is 0.800. The zero-order valence-electron chi connectivity index (χ0n) is 11.2. The van der Waals surface area contributed by atoms with Gasteiger partial charge in [-0.3, -0.25) is 4.79 Å². The molecule has 0 spiro atoms. The number of amides is 2. The van der Waals surface area contributed by atoms with E-state index in [1.807, 2.05) is 0 Å². The Morgan fingerprint density at radius 2 is 2.15 bits per heavy atom. The van der Waals surface area contributed by atoms with Crippen LogP contribution in [0.5, 0.6) is 0 Å². The molecule has 1 saturated heterocycles. The van der Waals surface area contributed by atoms with Crippen LogP contribution in [0.25, 0.3) is 0 Å². The highest BCUT2D eigenvalue weighted by Gasteiger charge is 2.26. The van der Waals surface area contributed by atoms with Gasteiger partial charge in [-0.1, -0.05) is 0 Å². The lowest BCUT2D eigenvalue weighted by Crippen LogP contribution is -2.46. The molecule has 0 atom stereocenters. The number of ether oxygens (including phenoxy) is 1. The molecule has 1 aliphatic heterocycles. The summed E-state index contributed by atoms with van der Waals surface area (Å²) in [6.07, 6.45) is 0.980. The lowest BCUT2D eigenvalue weighted by Gasteiger charge is -2.31. The Labute approximate surface area is 115 Å². The van der Waals surface area contributed by atoms with Crippen LogP contribution in [0.4, 0.5) is 10.6 Å². The second-order valence-electron chi connectivity index (χ2n) is 4.43.